The molecule has 0 saturated carbocycles. The standard InChI is InChI=1S/C33H33FN10O7/c1-15(2)27(45)41-32-40-26-23(29(47)42-32)38-14-44(26)30-20-21(34)31(50-30)51-33(20)9-8-17-10-19(49-18(17)11-48-33)43-13-37-22-24(35-12-36-25(22)43)39-28(46)16-6-4-3-5-7-16/h3-7,12-15,17-21,30-31H,8-11H2,1-2H3,(H,35,36,39,46)(H2,40,41,42,45,47)/t17-,18+,19+,20+,21+,30+,31?,33?/m0/s1. The topological polar surface area (TPSA) is 202 Å². The molecule has 4 aliphatic rings. The van der Waals surface area contributed by atoms with Gasteiger partial charge in [-0.1, -0.05) is 32.0 Å². The molecule has 18 heteroatoms. The van der Waals surface area contributed by atoms with Gasteiger partial charge in [0.25, 0.3) is 11.5 Å². The number of fused-ring (bicyclic) bond motifs is 6. The number of alkyl halides is 1. The van der Waals surface area contributed by atoms with E-state index in [9.17, 15) is 14.4 Å². The maximum Gasteiger partial charge on any atom is 0.280 e. The first-order valence-electron chi connectivity index (χ1n) is 16.8. The van der Waals surface area contributed by atoms with Crippen LogP contribution in [0.1, 0.15) is 55.9 Å². The number of nitrogens with zero attached hydrogens (tertiary/aromatic N) is 7. The lowest BCUT2D eigenvalue weighted by Gasteiger charge is -2.39. The molecule has 9 rings (SSSR count). The summed E-state index contributed by atoms with van der Waals surface area (Å²) in [5.41, 5.74) is 1.03. The maximum atomic E-state index is 15.9. The minimum Gasteiger partial charge on any atom is -0.352 e. The van der Waals surface area contributed by atoms with E-state index in [1.165, 1.54) is 17.2 Å². The van der Waals surface area contributed by atoms with E-state index in [2.05, 4.69) is 40.5 Å². The molecule has 8 heterocycles. The molecule has 2 unspecified atom stereocenters. The van der Waals surface area contributed by atoms with Crippen LogP contribution in [0.15, 0.2) is 54.1 Å². The Morgan fingerprint density at radius 2 is 1.82 bits per heavy atom. The van der Waals surface area contributed by atoms with E-state index in [1.54, 1.807) is 44.4 Å². The summed E-state index contributed by atoms with van der Waals surface area (Å²) in [6.07, 6.45) is 1.57. The molecule has 8 atom stereocenters. The van der Waals surface area contributed by atoms with Gasteiger partial charge in [-0.15, -0.1) is 0 Å². The fraction of sp³-hybridized carbons (Fsp3) is 0.455. The number of ether oxygens (including phenoxy) is 4. The molecule has 1 spiro atoms. The molecule has 3 N–H and O–H groups in total. The lowest BCUT2D eigenvalue weighted by molar-refractivity contribution is -0.346. The lowest BCUT2D eigenvalue weighted by atomic mass is 9.88. The molecular weight excluding hydrogens is 667 g/mol. The van der Waals surface area contributed by atoms with Crippen LogP contribution in [0, 0.1) is 17.8 Å². The Hall–Kier alpha value is -5.17. The highest BCUT2D eigenvalue weighted by atomic mass is 19.1. The van der Waals surface area contributed by atoms with Crippen molar-refractivity contribution in [1.82, 2.24) is 39.0 Å². The van der Waals surface area contributed by atoms with Crippen molar-refractivity contribution in [3.8, 4) is 0 Å². The molecule has 17 nitrogen and oxygen atoms in total. The summed E-state index contributed by atoms with van der Waals surface area (Å²) in [5, 5.41) is 5.42. The van der Waals surface area contributed by atoms with E-state index in [0.29, 0.717) is 36.0 Å². The number of nitrogens with one attached hydrogen (secondary N) is 3. The van der Waals surface area contributed by atoms with Crippen LogP contribution in [0.5, 0.6) is 0 Å². The van der Waals surface area contributed by atoms with Crippen LogP contribution in [0.2, 0.25) is 0 Å². The van der Waals surface area contributed by atoms with Gasteiger partial charge < -0.3 is 24.3 Å². The molecule has 0 radical (unpaired) electrons. The average Bonchev–Trinajstić information content (AvgIpc) is 3.93. The highest BCUT2D eigenvalue weighted by Crippen LogP contribution is 2.57. The Morgan fingerprint density at radius 1 is 1.02 bits per heavy atom. The summed E-state index contributed by atoms with van der Waals surface area (Å²) in [7, 11) is 0. The minimum absolute atomic E-state index is 0.0213. The Morgan fingerprint density at radius 3 is 2.63 bits per heavy atom. The molecule has 2 bridgehead atoms. The molecule has 5 aromatic rings. The van der Waals surface area contributed by atoms with Crippen molar-refractivity contribution < 1.29 is 32.9 Å². The van der Waals surface area contributed by atoms with Crippen molar-refractivity contribution in [3.63, 3.8) is 0 Å². The molecule has 4 saturated heterocycles. The van der Waals surface area contributed by atoms with Crippen LogP contribution in [0.4, 0.5) is 16.2 Å². The highest BCUT2D eigenvalue weighted by molar-refractivity contribution is 6.06. The number of amides is 2. The van der Waals surface area contributed by atoms with Crippen LogP contribution in [-0.4, -0.2) is 81.8 Å². The van der Waals surface area contributed by atoms with Crippen molar-refractivity contribution in [2.75, 3.05) is 17.2 Å². The van der Waals surface area contributed by atoms with Crippen LogP contribution in [-0.2, 0) is 23.7 Å². The normalized spacial score (nSPS) is 29.9. The first-order valence-corrected chi connectivity index (χ1v) is 16.8. The molecule has 264 valence electrons. The van der Waals surface area contributed by atoms with Gasteiger partial charge in [-0.3, -0.25) is 33.8 Å². The van der Waals surface area contributed by atoms with E-state index < -0.39 is 42.2 Å². The third-order valence-electron chi connectivity index (χ3n) is 10.1. The number of halogens is 1. The zero-order valence-electron chi connectivity index (χ0n) is 27.4. The summed E-state index contributed by atoms with van der Waals surface area (Å²) >= 11 is 0. The number of rotatable bonds is 6. The van der Waals surface area contributed by atoms with Gasteiger partial charge in [0.05, 0.1) is 31.3 Å². The number of aromatic nitrogens is 8. The number of benzene rings is 1. The molecular formula is C33H33FN10O7. The second-order valence-electron chi connectivity index (χ2n) is 13.5. The monoisotopic (exact) mass is 700 g/mol. The van der Waals surface area contributed by atoms with Gasteiger partial charge in [-0.2, -0.15) is 4.98 Å². The fourth-order valence-corrected chi connectivity index (χ4v) is 7.52. The molecule has 2 amide bonds. The second kappa shape index (κ2) is 12.0. The number of carbonyl (C=O) groups excluding carboxylic acids is 2. The average molecular weight is 701 g/mol. The maximum absolute atomic E-state index is 15.9. The Labute approximate surface area is 287 Å². The second-order valence-corrected chi connectivity index (χ2v) is 13.5. The number of aromatic amines is 1. The van der Waals surface area contributed by atoms with Crippen molar-refractivity contribution in [1.29, 1.82) is 0 Å². The summed E-state index contributed by atoms with van der Waals surface area (Å²) in [6.45, 7) is 3.57. The highest BCUT2D eigenvalue weighted by Gasteiger charge is 2.67. The Balaban J connectivity index is 0.928. The lowest BCUT2D eigenvalue weighted by Crippen LogP contribution is -2.47. The number of hydrogen-bond donors (Lipinski definition) is 3. The first-order chi connectivity index (χ1) is 24.7. The van der Waals surface area contributed by atoms with Crippen molar-refractivity contribution >= 4 is 45.9 Å². The number of carbonyl (C=O) groups is 2. The summed E-state index contributed by atoms with van der Waals surface area (Å²) in [5.74, 6) is -2.91. The molecule has 4 aliphatic heterocycles. The number of H-pyrrole nitrogens is 1. The quantitative estimate of drug-likeness (QED) is 0.234. The van der Waals surface area contributed by atoms with E-state index in [4.69, 9.17) is 18.9 Å². The van der Waals surface area contributed by atoms with E-state index in [-0.39, 0.29) is 59.3 Å². The third-order valence-corrected chi connectivity index (χ3v) is 10.1. The smallest absolute Gasteiger partial charge is 0.280 e. The van der Waals surface area contributed by atoms with Gasteiger partial charge in [0.2, 0.25) is 11.9 Å². The van der Waals surface area contributed by atoms with Gasteiger partial charge >= 0.3 is 0 Å². The van der Waals surface area contributed by atoms with Gasteiger partial charge in [0.15, 0.2) is 52.6 Å². The summed E-state index contributed by atoms with van der Waals surface area (Å²) < 4.78 is 44.3. The Bertz CT molecular complexity index is 2210. The number of hydrogen-bond acceptors (Lipinski definition) is 12. The van der Waals surface area contributed by atoms with Gasteiger partial charge in [0, 0.05) is 17.9 Å². The molecule has 4 fully saturated rings. The molecule has 51 heavy (non-hydrogen) atoms. The van der Waals surface area contributed by atoms with Crippen LogP contribution >= 0.6 is 0 Å². The fourth-order valence-electron chi connectivity index (χ4n) is 7.52. The minimum atomic E-state index is -1.52. The van der Waals surface area contributed by atoms with Crippen molar-refractivity contribution in [3.05, 3.63) is 65.2 Å². The SMILES string of the molecule is CC(C)C(=O)Nc1nc2c(ncn2[C@@H]2OC3OC4(CC[C@H]5C[C@H](n6cnc7c(NC(=O)c8ccccc8)ncnc76)O[C@@H]5CO4)[C@@H]2[C@H]3F)c(=O)[nH]1. The summed E-state index contributed by atoms with van der Waals surface area (Å²) in [6, 6.07) is 8.82. The predicted octanol–water partition coefficient (Wildman–Crippen LogP) is 3.06. The molecule has 1 aromatic carbocycles. The number of imidazole rings is 2. The van der Waals surface area contributed by atoms with E-state index in [0.717, 1.165) is 0 Å². The van der Waals surface area contributed by atoms with E-state index in [1.807, 2.05) is 10.6 Å². The zero-order valence-corrected chi connectivity index (χ0v) is 27.4. The Kier molecular flexibility index (Phi) is 7.46. The molecule has 4 aromatic heterocycles. The first kappa shape index (κ1) is 31.8. The molecule has 0 aliphatic carbocycles. The largest absolute Gasteiger partial charge is 0.352 e. The van der Waals surface area contributed by atoms with Gasteiger partial charge in [-0.05, 0) is 30.9 Å². The van der Waals surface area contributed by atoms with Crippen LogP contribution < -0.4 is 16.2 Å². The zero-order chi connectivity index (χ0) is 35.0. The van der Waals surface area contributed by atoms with Gasteiger partial charge in [-0.25, -0.2) is 24.3 Å². The van der Waals surface area contributed by atoms with Crippen LogP contribution in [0.25, 0.3) is 22.3 Å². The predicted molar refractivity (Wildman–Crippen MR) is 175 cm³/mol. The van der Waals surface area contributed by atoms with E-state index >= 15 is 4.39 Å². The van der Waals surface area contributed by atoms with Crippen molar-refractivity contribution in [2.45, 2.75) is 69.9 Å². The number of anilines is 2. The third kappa shape index (κ3) is 5.19. The summed E-state index contributed by atoms with van der Waals surface area (Å²) in [4.78, 5) is 62.3. The van der Waals surface area contributed by atoms with Gasteiger partial charge in [0.1, 0.15) is 12.6 Å². The van der Waals surface area contributed by atoms with Crippen molar-refractivity contribution in [2.24, 2.45) is 17.8 Å². The van der Waals surface area contributed by atoms with Crippen LogP contribution in [0.3, 0.4) is 0 Å².